The van der Waals surface area contributed by atoms with Gasteiger partial charge in [0.1, 0.15) is 18.8 Å². The van der Waals surface area contributed by atoms with Crippen molar-refractivity contribution in [1.82, 2.24) is 4.90 Å². The monoisotopic (exact) mass is 621 g/mol. The predicted octanol–water partition coefficient (Wildman–Crippen LogP) is 5.52. The molecule has 1 saturated heterocycles. The number of para-hydroxylation sites is 1. The van der Waals surface area contributed by atoms with E-state index in [1.165, 1.54) is 0 Å². The third kappa shape index (κ3) is 7.60. The number of benzene rings is 2. The second kappa shape index (κ2) is 13.7. The van der Waals surface area contributed by atoms with Crippen LogP contribution >= 0.6 is 19.9 Å². The molecule has 1 fully saturated rings. The Morgan fingerprint density at radius 2 is 1.83 bits per heavy atom. The maximum absolute atomic E-state index is 14.2. The first-order chi connectivity index (χ1) is 19.9. The van der Waals surface area contributed by atoms with Crippen LogP contribution in [0, 0.1) is 11.3 Å². The normalized spacial score (nSPS) is 20.2. The lowest BCUT2D eigenvalue weighted by Gasteiger charge is -2.33. The molecule has 2 aromatic carbocycles. The Balaban J connectivity index is 1.69. The summed E-state index contributed by atoms with van der Waals surface area (Å²) in [4.78, 5) is 40.2. The molecular formula is C30H39ClN2O8P+. The lowest BCUT2D eigenvalue weighted by molar-refractivity contribution is -0.144. The molecule has 228 valence electrons. The minimum atomic E-state index is -2.65. The van der Waals surface area contributed by atoms with Crippen LogP contribution in [-0.4, -0.2) is 68.2 Å². The number of hydrogen-bond acceptors (Lipinski definition) is 7. The van der Waals surface area contributed by atoms with Crippen molar-refractivity contribution in [2.45, 2.75) is 52.2 Å². The highest BCUT2D eigenvalue weighted by Crippen LogP contribution is 2.45. The zero-order valence-electron chi connectivity index (χ0n) is 24.7. The van der Waals surface area contributed by atoms with Crippen LogP contribution in [0.15, 0.2) is 36.4 Å². The quantitative estimate of drug-likeness (QED) is 0.364. The van der Waals surface area contributed by atoms with Crippen molar-refractivity contribution >= 4 is 37.4 Å². The second-order valence-corrected chi connectivity index (χ2v) is 13.0. The molecule has 2 amide bonds. The van der Waals surface area contributed by atoms with E-state index in [1.807, 2.05) is 39.0 Å². The van der Waals surface area contributed by atoms with Crippen LogP contribution in [0.3, 0.4) is 0 Å². The first kappa shape index (κ1) is 32.2. The van der Waals surface area contributed by atoms with Gasteiger partial charge < -0.3 is 24.0 Å². The summed E-state index contributed by atoms with van der Waals surface area (Å²) in [5, 5.41) is 0.486. The molecule has 42 heavy (non-hydrogen) atoms. The molecule has 0 aliphatic carbocycles. The summed E-state index contributed by atoms with van der Waals surface area (Å²) in [6.45, 7) is 7.64. The predicted molar refractivity (Wildman–Crippen MR) is 159 cm³/mol. The summed E-state index contributed by atoms with van der Waals surface area (Å²) >= 11 is 6.49. The molecule has 1 N–H and O–H groups in total. The lowest BCUT2D eigenvalue weighted by atomic mass is 9.94. The third-order valence-corrected chi connectivity index (χ3v) is 8.11. The number of likely N-dealkylation sites (tertiary alicyclic amines) is 1. The summed E-state index contributed by atoms with van der Waals surface area (Å²) in [5.74, 6) is 0.557. The number of anilines is 1. The molecular weight excluding hydrogens is 583 g/mol. The van der Waals surface area contributed by atoms with Gasteiger partial charge in [0, 0.05) is 46.0 Å². The molecule has 3 atom stereocenters. The van der Waals surface area contributed by atoms with Crippen LogP contribution in [0.5, 0.6) is 11.5 Å². The molecule has 1 unspecified atom stereocenters. The maximum Gasteiger partial charge on any atom is 0.694 e. The SMILES string of the molecule is COc1cccc([C@H]2O[C@H](CC(=O)N3CCC(CO[P+](=O)O)CC3)C(=O)N(CC(C)(C)C)c3ccc(Cl)cc32)c1OC. The van der Waals surface area contributed by atoms with Crippen LogP contribution in [0.1, 0.15) is 57.3 Å². The highest BCUT2D eigenvalue weighted by molar-refractivity contribution is 7.32. The first-order valence-electron chi connectivity index (χ1n) is 14.0. The minimum Gasteiger partial charge on any atom is -0.493 e. The molecule has 2 aliphatic rings. The van der Waals surface area contributed by atoms with Gasteiger partial charge in [0.05, 0.1) is 20.6 Å². The topological polar surface area (TPSA) is 115 Å². The number of nitrogens with zero attached hydrogens (tertiary/aromatic N) is 2. The zero-order chi connectivity index (χ0) is 30.6. The van der Waals surface area contributed by atoms with Gasteiger partial charge in [-0.15, -0.1) is 9.42 Å². The van der Waals surface area contributed by atoms with Crippen molar-refractivity contribution in [3.63, 3.8) is 0 Å². The van der Waals surface area contributed by atoms with Crippen LogP contribution in [0.25, 0.3) is 0 Å². The molecule has 12 heteroatoms. The largest absolute Gasteiger partial charge is 0.694 e. The van der Waals surface area contributed by atoms with Crippen LogP contribution < -0.4 is 14.4 Å². The summed E-state index contributed by atoms with van der Waals surface area (Å²) in [6.07, 6.45) is -0.727. The number of amides is 2. The van der Waals surface area contributed by atoms with Gasteiger partial charge >= 0.3 is 8.25 Å². The Morgan fingerprint density at radius 1 is 1.12 bits per heavy atom. The molecule has 0 radical (unpaired) electrons. The fraction of sp³-hybridized carbons (Fsp3) is 0.533. The summed E-state index contributed by atoms with van der Waals surface area (Å²) < 4.78 is 33.7. The first-order valence-corrected chi connectivity index (χ1v) is 15.5. The summed E-state index contributed by atoms with van der Waals surface area (Å²) in [5.41, 5.74) is 1.74. The van der Waals surface area contributed by atoms with Crippen molar-refractivity contribution in [2.24, 2.45) is 11.3 Å². The Morgan fingerprint density at radius 3 is 2.45 bits per heavy atom. The standard InChI is InChI=1S/C30H38ClN2O8P/c1-30(2,3)18-33-23-10-9-20(31)15-22(23)27(21-7-6-8-24(38-4)28(21)39-5)41-25(29(33)35)16-26(34)32-13-11-19(12-14-32)17-40-42(36)37/h6-10,15,19,25,27H,11-14,16-18H2,1-5H3/p+1/t25-,27-/m1/s1. The number of hydrogen-bond donors (Lipinski definition) is 1. The van der Waals surface area contributed by atoms with E-state index in [2.05, 4.69) is 0 Å². The lowest BCUT2D eigenvalue weighted by Crippen LogP contribution is -2.47. The fourth-order valence-electron chi connectivity index (χ4n) is 5.51. The number of halogens is 1. The van der Waals surface area contributed by atoms with Crippen molar-refractivity contribution in [2.75, 3.05) is 45.4 Å². The smallest absolute Gasteiger partial charge is 0.493 e. The molecule has 0 saturated carbocycles. The maximum atomic E-state index is 14.2. The highest BCUT2D eigenvalue weighted by Gasteiger charge is 2.41. The molecule has 0 bridgehead atoms. The van der Waals surface area contributed by atoms with Crippen molar-refractivity contribution in [3.05, 3.63) is 52.5 Å². The molecule has 0 aromatic heterocycles. The summed E-state index contributed by atoms with van der Waals surface area (Å²) in [7, 11) is 0.446. The summed E-state index contributed by atoms with van der Waals surface area (Å²) in [6, 6.07) is 10.8. The fourth-order valence-corrected chi connectivity index (χ4v) is 6.03. The van der Waals surface area contributed by atoms with Gasteiger partial charge in [-0.25, -0.2) is 0 Å². The minimum absolute atomic E-state index is 0.0855. The van der Waals surface area contributed by atoms with Gasteiger partial charge in [0.25, 0.3) is 5.91 Å². The van der Waals surface area contributed by atoms with E-state index >= 15 is 0 Å². The molecule has 2 aliphatic heterocycles. The van der Waals surface area contributed by atoms with Gasteiger partial charge in [-0.05, 0) is 48.4 Å². The Bertz CT molecular complexity index is 1310. The van der Waals surface area contributed by atoms with Gasteiger partial charge in [0.2, 0.25) is 5.91 Å². The Labute approximate surface area is 252 Å². The van der Waals surface area contributed by atoms with Crippen molar-refractivity contribution in [1.29, 1.82) is 0 Å². The van der Waals surface area contributed by atoms with E-state index in [-0.39, 0.29) is 36.2 Å². The average Bonchev–Trinajstić information content (AvgIpc) is 3.05. The van der Waals surface area contributed by atoms with E-state index in [0.29, 0.717) is 65.8 Å². The van der Waals surface area contributed by atoms with Crippen molar-refractivity contribution in [3.8, 4) is 11.5 Å². The van der Waals surface area contributed by atoms with Gasteiger partial charge in [-0.1, -0.05) is 44.5 Å². The molecule has 10 nitrogen and oxygen atoms in total. The van der Waals surface area contributed by atoms with E-state index in [9.17, 15) is 14.2 Å². The number of rotatable bonds is 9. The van der Waals surface area contributed by atoms with E-state index < -0.39 is 20.5 Å². The molecule has 4 rings (SSSR count). The molecule has 2 heterocycles. The van der Waals surface area contributed by atoms with Gasteiger partial charge in [-0.3, -0.25) is 9.59 Å². The van der Waals surface area contributed by atoms with E-state index in [1.54, 1.807) is 42.2 Å². The number of fused-ring (bicyclic) bond motifs is 1. The number of piperidine rings is 1. The average molecular weight is 622 g/mol. The Hall–Kier alpha value is -2.75. The number of methoxy groups -OCH3 is 2. The number of ether oxygens (including phenoxy) is 3. The van der Waals surface area contributed by atoms with Crippen LogP contribution in [0.2, 0.25) is 5.02 Å². The van der Waals surface area contributed by atoms with Gasteiger partial charge in [0.15, 0.2) is 11.5 Å². The van der Waals surface area contributed by atoms with Gasteiger partial charge in [-0.2, -0.15) is 0 Å². The number of carbonyl (C=O) groups excluding carboxylic acids is 2. The molecule has 0 spiro atoms. The zero-order valence-corrected chi connectivity index (χ0v) is 26.3. The highest BCUT2D eigenvalue weighted by atomic mass is 35.5. The van der Waals surface area contributed by atoms with E-state index in [4.69, 9.17) is 35.2 Å². The third-order valence-electron chi connectivity index (χ3n) is 7.50. The van der Waals surface area contributed by atoms with Crippen LogP contribution in [0.4, 0.5) is 5.69 Å². The van der Waals surface area contributed by atoms with E-state index in [0.717, 1.165) is 0 Å². The number of carbonyl (C=O) groups is 2. The van der Waals surface area contributed by atoms with Crippen molar-refractivity contribution < 1.29 is 37.8 Å². The molecule has 2 aromatic rings. The Kier molecular flexibility index (Phi) is 10.5. The second-order valence-electron chi connectivity index (χ2n) is 11.8. The van der Waals surface area contributed by atoms with Crippen LogP contribution in [-0.2, 0) is 23.4 Å².